The van der Waals surface area contributed by atoms with Crippen LogP contribution in [0.1, 0.15) is 51.9 Å². The number of carbonyl (C=O) groups excluding carboxylic acids is 3. The van der Waals surface area contributed by atoms with Crippen LogP contribution in [0.4, 0.5) is 0 Å². The Hall–Kier alpha value is -1.67. The minimum absolute atomic E-state index is 0.0727. The van der Waals surface area contributed by atoms with Crippen molar-refractivity contribution in [1.29, 1.82) is 0 Å². The quantitative estimate of drug-likeness (QED) is 0.441. The summed E-state index contributed by atoms with van der Waals surface area (Å²) in [5, 5.41) is 8.77. The van der Waals surface area contributed by atoms with E-state index >= 15 is 0 Å². The van der Waals surface area contributed by atoms with E-state index < -0.39 is 6.04 Å². The molecule has 8 nitrogen and oxygen atoms in total. The van der Waals surface area contributed by atoms with E-state index in [9.17, 15) is 14.4 Å². The number of carbonyl (C=O) groups is 3. The lowest BCUT2D eigenvalue weighted by atomic mass is 9.54. The highest BCUT2D eigenvalue weighted by Gasteiger charge is 2.49. The third kappa shape index (κ3) is 4.80. The van der Waals surface area contributed by atoms with Gasteiger partial charge in [0.15, 0.2) is 0 Å². The molecule has 5 aliphatic rings. The van der Waals surface area contributed by atoms with E-state index in [1.165, 1.54) is 32.1 Å². The van der Waals surface area contributed by atoms with E-state index in [0.717, 1.165) is 31.2 Å². The summed E-state index contributed by atoms with van der Waals surface area (Å²) in [5.41, 5.74) is 5.47. The Kier molecular flexibility index (Phi) is 6.63. The number of amides is 3. The predicted molar refractivity (Wildman–Crippen MR) is 113 cm³/mol. The summed E-state index contributed by atoms with van der Waals surface area (Å²) in [7, 11) is 0. The summed E-state index contributed by atoms with van der Waals surface area (Å²) in [4.78, 5) is 38.6. The molecule has 0 spiro atoms. The van der Waals surface area contributed by atoms with Crippen molar-refractivity contribution in [3.05, 3.63) is 0 Å². The van der Waals surface area contributed by atoms with Gasteiger partial charge in [0, 0.05) is 19.1 Å². The zero-order chi connectivity index (χ0) is 21.3. The molecule has 0 aromatic heterocycles. The molecule has 0 aromatic carbocycles. The summed E-state index contributed by atoms with van der Waals surface area (Å²) in [6, 6.07) is -0.339. The standard InChI is InChI=1S/C22H37N5O3/c1-13(23)21(29)25-12-19(28)24-4-6-27-5-2-3-18(27)22(30)26-20-16-8-14-7-15(10-16)11-17(20)9-14/h13-18,20H,2-12,23H2,1H3,(H,24,28)(H,25,29)(H,26,30)/t13-,14?,15?,16?,17?,18?,20?/m0/s1. The second-order valence-electron chi connectivity index (χ2n) is 10.0. The Morgan fingerprint density at radius 3 is 2.33 bits per heavy atom. The summed E-state index contributed by atoms with van der Waals surface area (Å²) in [6.45, 7) is 3.50. The van der Waals surface area contributed by atoms with Crippen LogP contribution >= 0.6 is 0 Å². The van der Waals surface area contributed by atoms with E-state index in [0.29, 0.717) is 31.0 Å². The summed E-state index contributed by atoms with van der Waals surface area (Å²) in [6.07, 6.45) is 8.53. The van der Waals surface area contributed by atoms with Crippen molar-refractivity contribution in [3.63, 3.8) is 0 Å². The minimum atomic E-state index is -0.629. The lowest BCUT2D eigenvalue weighted by Crippen LogP contribution is -2.58. The molecule has 3 amide bonds. The van der Waals surface area contributed by atoms with Crippen molar-refractivity contribution in [2.24, 2.45) is 29.4 Å². The van der Waals surface area contributed by atoms with E-state index in [-0.39, 0.29) is 30.3 Å². The van der Waals surface area contributed by atoms with Gasteiger partial charge in [-0.25, -0.2) is 0 Å². The van der Waals surface area contributed by atoms with Crippen molar-refractivity contribution in [2.75, 3.05) is 26.2 Å². The van der Waals surface area contributed by atoms with E-state index in [2.05, 4.69) is 20.9 Å². The monoisotopic (exact) mass is 419 g/mol. The van der Waals surface area contributed by atoms with Crippen LogP contribution in [-0.2, 0) is 14.4 Å². The molecule has 4 saturated carbocycles. The summed E-state index contributed by atoms with van der Waals surface area (Å²) >= 11 is 0. The van der Waals surface area contributed by atoms with Gasteiger partial charge < -0.3 is 21.7 Å². The van der Waals surface area contributed by atoms with Crippen LogP contribution in [0.15, 0.2) is 0 Å². The average molecular weight is 420 g/mol. The van der Waals surface area contributed by atoms with Crippen LogP contribution in [0.5, 0.6) is 0 Å². The molecule has 1 unspecified atom stereocenters. The van der Waals surface area contributed by atoms with Gasteiger partial charge >= 0.3 is 0 Å². The molecule has 1 heterocycles. The van der Waals surface area contributed by atoms with Gasteiger partial charge in [-0.1, -0.05) is 0 Å². The molecule has 5 fully saturated rings. The average Bonchev–Trinajstić information content (AvgIpc) is 3.16. The number of nitrogens with two attached hydrogens (primary N) is 1. The molecule has 1 aliphatic heterocycles. The van der Waals surface area contributed by atoms with Crippen LogP contribution in [0, 0.1) is 23.7 Å². The first-order valence-electron chi connectivity index (χ1n) is 11.7. The number of nitrogens with zero attached hydrogens (tertiary/aromatic N) is 1. The smallest absolute Gasteiger partial charge is 0.239 e. The van der Waals surface area contributed by atoms with Crippen molar-refractivity contribution < 1.29 is 14.4 Å². The first-order valence-corrected chi connectivity index (χ1v) is 11.7. The zero-order valence-corrected chi connectivity index (χ0v) is 18.1. The second-order valence-corrected chi connectivity index (χ2v) is 10.0. The fourth-order valence-corrected chi connectivity index (χ4v) is 6.54. The maximum atomic E-state index is 13.1. The lowest BCUT2D eigenvalue weighted by Gasteiger charge is -2.54. The van der Waals surface area contributed by atoms with Gasteiger partial charge in [0.1, 0.15) is 0 Å². The Morgan fingerprint density at radius 1 is 1.03 bits per heavy atom. The zero-order valence-electron chi connectivity index (χ0n) is 18.1. The maximum absolute atomic E-state index is 13.1. The van der Waals surface area contributed by atoms with Crippen molar-refractivity contribution >= 4 is 17.7 Å². The molecule has 5 N–H and O–H groups in total. The lowest BCUT2D eigenvalue weighted by molar-refractivity contribution is -0.129. The van der Waals surface area contributed by atoms with Gasteiger partial charge in [-0.3, -0.25) is 19.3 Å². The molecule has 0 aromatic rings. The molecule has 4 aliphatic carbocycles. The van der Waals surface area contributed by atoms with Crippen LogP contribution in [0.3, 0.4) is 0 Å². The van der Waals surface area contributed by atoms with E-state index in [4.69, 9.17) is 5.73 Å². The van der Waals surface area contributed by atoms with Gasteiger partial charge in [-0.2, -0.15) is 0 Å². The molecule has 8 heteroatoms. The molecular weight excluding hydrogens is 382 g/mol. The fourth-order valence-electron chi connectivity index (χ4n) is 6.54. The first kappa shape index (κ1) is 21.6. The topological polar surface area (TPSA) is 117 Å². The number of hydrogen-bond acceptors (Lipinski definition) is 5. The Bertz CT molecular complexity index is 639. The third-order valence-corrected chi connectivity index (χ3v) is 7.76. The van der Waals surface area contributed by atoms with Gasteiger partial charge in [0.05, 0.1) is 18.6 Å². The molecule has 0 radical (unpaired) electrons. The summed E-state index contributed by atoms with van der Waals surface area (Å²) < 4.78 is 0. The molecule has 30 heavy (non-hydrogen) atoms. The number of rotatable bonds is 8. The Morgan fingerprint density at radius 2 is 1.70 bits per heavy atom. The van der Waals surface area contributed by atoms with Crippen LogP contribution < -0.4 is 21.7 Å². The number of hydrogen-bond donors (Lipinski definition) is 4. The van der Waals surface area contributed by atoms with Gasteiger partial charge in [0.2, 0.25) is 17.7 Å². The molecule has 1 saturated heterocycles. The van der Waals surface area contributed by atoms with E-state index in [1.54, 1.807) is 6.92 Å². The van der Waals surface area contributed by atoms with Crippen molar-refractivity contribution in [1.82, 2.24) is 20.9 Å². The SMILES string of the molecule is C[C@H](N)C(=O)NCC(=O)NCCN1CCCC1C(=O)NC1C2CC3CC(C2)CC1C3. The Balaban J connectivity index is 1.20. The van der Waals surface area contributed by atoms with Gasteiger partial charge in [0.25, 0.3) is 0 Å². The maximum Gasteiger partial charge on any atom is 0.239 e. The van der Waals surface area contributed by atoms with Crippen molar-refractivity contribution in [3.8, 4) is 0 Å². The molecular formula is C22H37N5O3. The first-order chi connectivity index (χ1) is 14.4. The predicted octanol–water partition coefficient (Wildman–Crippen LogP) is -0.0287. The van der Waals surface area contributed by atoms with Crippen LogP contribution in [-0.4, -0.2) is 66.9 Å². The number of nitrogens with one attached hydrogen (secondary N) is 3. The molecule has 5 rings (SSSR count). The molecule has 168 valence electrons. The number of likely N-dealkylation sites (tertiary alicyclic amines) is 1. The molecule has 2 atom stereocenters. The Labute approximate surface area is 179 Å². The molecule has 4 bridgehead atoms. The highest BCUT2D eigenvalue weighted by Crippen LogP contribution is 2.53. The highest BCUT2D eigenvalue weighted by atomic mass is 16.2. The fraction of sp³-hybridized carbons (Fsp3) is 0.864. The normalized spacial score (nSPS) is 35.8. The second kappa shape index (κ2) is 9.22. The third-order valence-electron chi connectivity index (χ3n) is 7.76. The minimum Gasteiger partial charge on any atom is -0.353 e. The largest absolute Gasteiger partial charge is 0.353 e. The van der Waals surface area contributed by atoms with Gasteiger partial charge in [-0.05, 0) is 82.1 Å². The van der Waals surface area contributed by atoms with Crippen molar-refractivity contribution in [2.45, 2.75) is 70.0 Å². The van der Waals surface area contributed by atoms with Gasteiger partial charge in [-0.15, -0.1) is 0 Å². The van der Waals surface area contributed by atoms with E-state index in [1.807, 2.05) is 0 Å². The van der Waals surface area contributed by atoms with Crippen LogP contribution in [0.25, 0.3) is 0 Å². The van der Waals surface area contributed by atoms with Crippen LogP contribution in [0.2, 0.25) is 0 Å². The summed E-state index contributed by atoms with van der Waals surface area (Å²) in [5.74, 6) is 2.79. The highest BCUT2D eigenvalue weighted by molar-refractivity contribution is 5.87.